The lowest BCUT2D eigenvalue weighted by Gasteiger charge is -2.19. The second kappa shape index (κ2) is 7.14. The molecular formula is C12H19ClN2O2. The van der Waals surface area contributed by atoms with E-state index in [1.165, 1.54) is 0 Å². The Kier molecular flexibility index (Phi) is 6.61. The number of likely N-dealkylation sites (N-methyl/N-ethyl adjacent to an activating group) is 1. The lowest BCUT2D eigenvalue weighted by atomic mass is 10.2. The smallest absolute Gasteiger partial charge is 0.239 e. The third kappa shape index (κ3) is 4.63. The minimum Gasteiger partial charge on any atom is -0.497 e. The van der Waals surface area contributed by atoms with E-state index < -0.39 is 6.04 Å². The van der Waals surface area contributed by atoms with Gasteiger partial charge in [0.05, 0.1) is 13.2 Å². The summed E-state index contributed by atoms with van der Waals surface area (Å²) in [6.07, 6.45) is 0. The number of rotatable bonds is 4. The summed E-state index contributed by atoms with van der Waals surface area (Å²) >= 11 is 0. The van der Waals surface area contributed by atoms with Gasteiger partial charge >= 0.3 is 0 Å². The second-order valence-electron chi connectivity index (χ2n) is 3.83. The number of carbonyl (C=O) groups excluding carboxylic acids is 1. The molecule has 1 aromatic rings. The average Bonchev–Trinajstić information content (AvgIpc) is 2.28. The fraction of sp³-hybridized carbons (Fsp3) is 0.417. The molecule has 96 valence electrons. The van der Waals surface area contributed by atoms with E-state index >= 15 is 0 Å². The van der Waals surface area contributed by atoms with Gasteiger partial charge in [-0.1, -0.05) is 12.1 Å². The summed E-state index contributed by atoms with van der Waals surface area (Å²) < 4.78 is 5.06. The Hall–Kier alpha value is -1.26. The fourth-order valence-electron chi connectivity index (χ4n) is 1.43. The Morgan fingerprint density at radius 3 is 2.35 bits per heavy atom. The largest absolute Gasteiger partial charge is 0.497 e. The maximum atomic E-state index is 11.5. The van der Waals surface area contributed by atoms with Gasteiger partial charge in [0.1, 0.15) is 5.75 Å². The number of amides is 1. The maximum Gasteiger partial charge on any atom is 0.239 e. The lowest BCUT2D eigenvalue weighted by molar-refractivity contribution is -0.131. The van der Waals surface area contributed by atoms with Gasteiger partial charge in [0, 0.05) is 13.6 Å². The van der Waals surface area contributed by atoms with Crippen molar-refractivity contribution in [3.05, 3.63) is 29.8 Å². The van der Waals surface area contributed by atoms with E-state index in [1.807, 2.05) is 24.3 Å². The van der Waals surface area contributed by atoms with Crippen LogP contribution < -0.4 is 10.5 Å². The first-order valence-electron chi connectivity index (χ1n) is 5.18. The third-order valence-electron chi connectivity index (χ3n) is 2.34. The fourth-order valence-corrected chi connectivity index (χ4v) is 1.43. The van der Waals surface area contributed by atoms with E-state index in [0.717, 1.165) is 11.3 Å². The van der Waals surface area contributed by atoms with Crippen molar-refractivity contribution >= 4 is 18.3 Å². The van der Waals surface area contributed by atoms with Crippen LogP contribution in [0.1, 0.15) is 12.5 Å². The Labute approximate surface area is 108 Å². The van der Waals surface area contributed by atoms with E-state index in [-0.39, 0.29) is 18.3 Å². The van der Waals surface area contributed by atoms with Crippen LogP contribution in [0.5, 0.6) is 5.75 Å². The van der Waals surface area contributed by atoms with Crippen molar-refractivity contribution in [1.29, 1.82) is 0 Å². The molecule has 1 amide bonds. The summed E-state index contributed by atoms with van der Waals surface area (Å²) in [4.78, 5) is 13.2. The molecule has 0 unspecified atom stereocenters. The lowest BCUT2D eigenvalue weighted by Crippen LogP contribution is -2.39. The first kappa shape index (κ1) is 15.7. The van der Waals surface area contributed by atoms with E-state index in [9.17, 15) is 4.79 Å². The zero-order valence-electron chi connectivity index (χ0n) is 10.3. The van der Waals surface area contributed by atoms with Gasteiger partial charge in [-0.3, -0.25) is 4.79 Å². The number of halogens is 1. The van der Waals surface area contributed by atoms with Crippen LogP contribution in [0.3, 0.4) is 0 Å². The standard InChI is InChI=1S/C12H18N2O2.ClH/c1-9(13)12(15)14(2)8-10-4-6-11(16-3)7-5-10;/h4-7,9H,8,13H2,1-3H3;1H/t9-;/m1./s1. The number of nitrogens with two attached hydrogens (primary N) is 1. The highest BCUT2D eigenvalue weighted by Crippen LogP contribution is 2.12. The molecule has 0 aliphatic carbocycles. The zero-order chi connectivity index (χ0) is 12.1. The van der Waals surface area contributed by atoms with Crippen molar-refractivity contribution in [3.8, 4) is 5.75 Å². The van der Waals surface area contributed by atoms with Crippen LogP contribution in [0.25, 0.3) is 0 Å². The van der Waals surface area contributed by atoms with Crippen LogP contribution in [0, 0.1) is 0 Å². The molecule has 0 saturated heterocycles. The second-order valence-corrected chi connectivity index (χ2v) is 3.83. The Bertz CT molecular complexity index is 352. The average molecular weight is 259 g/mol. The first-order valence-corrected chi connectivity index (χ1v) is 5.18. The summed E-state index contributed by atoms with van der Waals surface area (Å²) in [6.45, 7) is 2.25. The number of nitrogens with zero attached hydrogens (tertiary/aromatic N) is 1. The predicted molar refractivity (Wildman–Crippen MR) is 70.4 cm³/mol. The summed E-state index contributed by atoms with van der Waals surface area (Å²) in [5, 5.41) is 0. The summed E-state index contributed by atoms with van der Waals surface area (Å²) in [5.74, 6) is 0.751. The molecule has 0 radical (unpaired) electrons. The van der Waals surface area contributed by atoms with Crippen molar-refractivity contribution in [2.45, 2.75) is 19.5 Å². The summed E-state index contributed by atoms with van der Waals surface area (Å²) in [7, 11) is 3.37. The van der Waals surface area contributed by atoms with Gasteiger partial charge in [-0.15, -0.1) is 12.4 Å². The highest BCUT2D eigenvalue weighted by atomic mass is 35.5. The number of hydrogen-bond donors (Lipinski definition) is 1. The molecule has 4 nitrogen and oxygen atoms in total. The topological polar surface area (TPSA) is 55.6 Å². The Balaban J connectivity index is 0.00000256. The first-order chi connectivity index (χ1) is 7.54. The van der Waals surface area contributed by atoms with Crippen LogP contribution in [0.15, 0.2) is 24.3 Å². The van der Waals surface area contributed by atoms with Crippen LogP contribution in [-0.2, 0) is 11.3 Å². The van der Waals surface area contributed by atoms with Gasteiger partial charge in [0.15, 0.2) is 0 Å². The predicted octanol–water partition coefficient (Wildman–Crippen LogP) is 1.42. The molecule has 1 aromatic carbocycles. The molecular weight excluding hydrogens is 240 g/mol. The molecule has 0 aliphatic rings. The van der Waals surface area contributed by atoms with Crippen molar-refractivity contribution in [1.82, 2.24) is 4.90 Å². The van der Waals surface area contributed by atoms with Crippen molar-refractivity contribution < 1.29 is 9.53 Å². The van der Waals surface area contributed by atoms with E-state index in [1.54, 1.807) is 26.0 Å². The SMILES string of the molecule is COc1ccc(CN(C)C(=O)[C@@H](C)N)cc1.Cl. The van der Waals surface area contributed by atoms with Gasteiger partial charge in [0.25, 0.3) is 0 Å². The maximum absolute atomic E-state index is 11.5. The van der Waals surface area contributed by atoms with E-state index in [2.05, 4.69) is 0 Å². The number of hydrogen-bond acceptors (Lipinski definition) is 3. The van der Waals surface area contributed by atoms with E-state index in [4.69, 9.17) is 10.5 Å². The molecule has 0 saturated carbocycles. The molecule has 0 bridgehead atoms. The number of ether oxygens (including phenoxy) is 1. The van der Waals surface area contributed by atoms with Crippen LogP contribution in [-0.4, -0.2) is 31.0 Å². The molecule has 0 aliphatic heterocycles. The number of benzene rings is 1. The van der Waals surface area contributed by atoms with Crippen molar-refractivity contribution in [3.63, 3.8) is 0 Å². The molecule has 5 heteroatoms. The zero-order valence-corrected chi connectivity index (χ0v) is 11.2. The van der Waals surface area contributed by atoms with Gasteiger partial charge in [-0.05, 0) is 24.6 Å². The van der Waals surface area contributed by atoms with Crippen LogP contribution in [0.2, 0.25) is 0 Å². The van der Waals surface area contributed by atoms with Gasteiger partial charge in [-0.2, -0.15) is 0 Å². The van der Waals surface area contributed by atoms with E-state index in [0.29, 0.717) is 6.54 Å². The Morgan fingerprint density at radius 2 is 1.94 bits per heavy atom. The molecule has 2 N–H and O–H groups in total. The third-order valence-corrected chi connectivity index (χ3v) is 2.34. The molecule has 0 aromatic heterocycles. The summed E-state index contributed by atoms with van der Waals surface area (Å²) in [6, 6.07) is 7.16. The molecule has 0 spiro atoms. The van der Waals surface area contributed by atoms with Gasteiger partial charge in [0.2, 0.25) is 5.91 Å². The van der Waals surface area contributed by atoms with Crippen LogP contribution in [0.4, 0.5) is 0 Å². The highest BCUT2D eigenvalue weighted by molar-refractivity contribution is 5.85. The van der Waals surface area contributed by atoms with Crippen LogP contribution >= 0.6 is 12.4 Å². The quantitative estimate of drug-likeness (QED) is 0.889. The number of methoxy groups -OCH3 is 1. The minimum atomic E-state index is -0.455. The van der Waals surface area contributed by atoms with Gasteiger partial charge < -0.3 is 15.4 Å². The molecule has 17 heavy (non-hydrogen) atoms. The molecule has 0 heterocycles. The Morgan fingerprint density at radius 1 is 1.41 bits per heavy atom. The van der Waals surface area contributed by atoms with Crippen molar-refractivity contribution in [2.24, 2.45) is 5.73 Å². The monoisotopic (exact) mass is 258 g/mol. The highest BCUT2D eigenvalue weighted by Gasteiger charge is 2.13. The molecule has 1 rings (SSSR count). The minimum absolute atomic E-state index is 0. The normalized spacial score (nSPS) is 11.3. The van der Waals surface area contributed by atoms with Gasteiger partial charge in [-0.25, -0.2) is 0 Å². The molecule has 0 fully saturated rings. The number of carbonyl (C=O) groups is 1. The van der Waals surface area contributed by atoms with Crippen molar-refractivity contribution in [2.75, 3.05) is 14.2 Å². The summed E-state index contributed by atoms with van der Waals surface area (Å²) in [5.41, 5.74) is 6.58. The molecule has 1 atom stereocenters.